The van der Waals surface area contributed by atoms with Gasteiger partial charge in [-0.1, -0.05) is 30.3 Å². The molecule has 1 fully saturated rings. The van der Waals surface area contributed by atoms with Crippen molar-refractivity contribution >= 4 is 17.5 Å². The van der Waals surface area contributed by atoms with Gasteiger partial charge < -0.3 is 9.64 Å². The van der Waals surface area contributed by atoms with E-state index >= 15 is 0 Å². The van der Waals surface area contributed by atoms with Gasteiger partial charge in [0, 0.05) is 30.9 Å². The molecule has 1 saturated heterocycles. The van der Waals surface area contributed by atoms with Crippen molar-refractivity contribution < 1.29 is 9.53 Å². The molecule has 0 atom stereocenters. The van der Waals surface area contributed by atoms with Gasteiger partial charge in [0.25, 0.3) is 0 Å². The summed E-state index contributed by atoms with van der Waals surface area (Å²) in [7, 11) is 0. The lowest BCUT2D eigenvalue weighted by Crippen LogP contribution is -2.32. The predicted molar refractivity (Wildman–Crippen MR) is 115 cm³/mol. The van der Waals surface area contributed by atoms with E-state index in [0.717, 1.165) is 37.2 Å². The highest BCUT2D eigenvalue weighted by Gasteiger charge is 2.18. The number of rotatable bonds is 5. The minimum atomic E-state index is -0.136. The van der Waals surface area contributed by atoms with E-state index in [-0.39, 0.29) is 12.6 Å². The van der Waals surface area contributed by atoms with E-state index in [0.29, 0.717) is 23.0 Å². The maximum atomic E-state index is 12.3. The first-order valence-electron chi connectivity index (χ1n) is 10.2. The van der Waals surface area contributed by atoms with Crippen molar-refractivity contribution in [3.8, 4) is 17.0 Å². The summed E-state index contributed by atoms with van der Waals surface area (Å²) in [6.07, 6.45) is 3.68. The number of pyridine rings is 1. The van der Waals surface area contributed by atoms with Gasteiger partial charge in [-0.2, -0.15) is 9.61 Å². The number of fused-ring (bicyclic) bond motifs is 1. The molecule has 31 heavy (non-hydrogen) atoms. The third-order valence-electron chi connectivity index (χ3n) is 5.12. The third-order valence-corrected chi connectivity index (χ3v) is 5.12. The molecule has 4 heterocycles. The van der Waals surface area contributed by atoms with Gasteiger partial charge in [0.1, 0.15) is 18.2 Å². The normalized spacial score (nSPS) is 13.5. The Bertz CT molecular complexity index is 1200. The highest BCUT2D eigenvalue weighted by Crippen LogP contribution is 2.19. The average molecular weight is 415 g/mol. The number of anilines is 1. The molecule has 0 saturated carbocycles. The van der Waals surface area contributed by atoms with Gasteiger partial charge in [-0.3, -0.25) is 5.32 Å². The number of hydrogen-bond acceptors (Lipinski definition) is 6. The van der Waals surface area contributed by atoms with Crippen LogP contribution in [0, 0.1) is 0 Å². The number of ether oxygens (including phenoxy) is 1. The SMILES string of the molecule is O=C(Nc1cc(OCc2nnc3ccc(-c4ccccc4)nn23)ccn1)N1CCCC1. The zero-order valence-corrected chi connectivity index (χ0v) is 16.8. The lowest BCUT2D eigenvalue weighted by Gasteiger charge is -2.16. The molecule has 156 valence electrons. The Morgan fingerprint density at radius 2 is 1.87 bits per heavy atom. The molecule has 0 unspecified atom stereocenters. The van der Waals surface area contributed by atoms with Crippen LogP contribution in [0.1, 0.15) is 18.7 Å². The second kappa shape index (κ2) is 8.39. The largest absolute Gasteiger partial charge is 0.485 e. The van der Waals surface area contributed by atoms with Crippen molar-refractivity contribution in [2.75, 3.05) is 18.4 Å². The Balaban J connectivity index is 1.30. The van der Waals surface area contributed by atoms with E-state index in [9.17, 15) is 4.79 Å². The highest BCUT2D eigenvalue weighted by atomic mass is 16.5. The Morgan fingerprint density at radius 1 is 1.03 bits per heavy atom. The molecule has 9 heteroatoms. The second-order valence-electron chi connectivity index (χ2n) is 7.26. The van der Waals surface area contributed by atoms with Gasteiger partial charge in [0.05, 0.1) is 5.69 Å². The first-order valence-corrected chi connectivity index (χ1v) is 10.2. The summed E-state index contributed by atoms with van der Waals surface area (Å²) in [5, 5.41) is 15.8. The molecule has 5 rings (SSSR count). The van der Waals surface area contributed by atoms with Crippen LogP contribution in [0.25, 0.3) is 16.9 Å². The van der Waals surface area contributed by atoms with Gasteiger partial charge in [0.15, 0.2) is 11.5 Å². The first-order chi connectivity index (χ1) is 15.3. The van der Waals surface area contributed by atoms with E-state index in [1.54, 1.807) is 27.7 Å². The van der Waals surface area contributed by atoms with Crippen LogP contribution in [-0.4, -0.2) is 48.8 Å². The molecule has 3 aromatic heterocycles. The van der Waals surface area contributed by atoms with Crippen LogP contribution < -0.4 is 10.1 Å². The number of carbonyl (C=O) groups excluding carboxylic acids is 1. The molecule has 0 aliphatic carbocycles. The van der Waals surface area contributed by atoms with Crippen molar-refractivity contribution in [1.82, 2.24) is 29.7 Å². The summed E-state index contributed by atoms with van der Waals surface area (Å²) < 4.78 is 7.56. The van der Waals surface area contributed by atoms with E-state index in [1.807, 2.05) is 42.5 Å². The van der Waals surface area contributed by atoms with Crippen molar-refractivity contribution in [1.29, 1.82) is 0 Å². The minimum absolute atomic E-state index is 0.136. The molecular weight excluding hydrogens is 394 g/mol. The van der Waals surface area contributed by atoms with Gasteiger partial charge in [-0.25, -0.2) is 9.78 Å². The standard InChI is InChI=1S/C22H21N7O2/c30-22(28-12-4-5-13-28)24-19-14-17(10-11-23-19)31-15-21-26-25-20-9-8-18(27-29(20)21)16-6-2-1-3-7-16/h1-3,6-11,14H,4-5,12-13,15H2,(H,23,24,30). The summed E-state index contributed by atoms with van der Waals surface area (Å²) >= 11 is 0. The number of nitrogens with one attached hydrogen (secondary N) is 1. The fourth-order valence-corrected chi connectivity index (χ4v) is 3.51. The molecule has 1 aromatic carbocycles. The number of benzene rings is 1. The Hall–Kier alpha value is -4.01. The monoisotopic (exact) mass is 415 g/mol. The van der Waals surface area contributed by atoms with Crippen molar-refractivity contribution in [2.24, 2.45) is 0 Å². The summed E-state index contributed by atoms with van der Waals surface area (Å²) in [6.45, 7) is 1.73. The zero-order valence-electron chi connectivity index (χ0n) is 16.8. The number of carbonyl (C=O) groups is 1. The van der Waals surface area contributed by atoms with Gasteiger partial charge in [-0.15, -0.1) is 10.2 Å². The Morgan fingerprint density at radius 3 is 2.71 bits per heavy atom. The van der Waals surface area contributed by atoms with Crippen LogP contribution in [-0.2, 0) is 6.61 Å². The van der Waals surface area contributed by atoms with Crippen LogP contribution in [0.3, 0.4) is 0 Å². The van der Waals surface area contributed by atoms with Crippen LogP contribution in [0.2, 0.25) is 0 Å². The Kier molecular flexibility index (Phi) is 5.14. The van der Waals surface area contributed by atoms with Gasteiger partial charge >= 0.3 is 6.03 Å². The predicted octanol–water partition coefficient (Wildman–Crippen LogP) is 3.39. The number of aromatic nitrogens is 5. The first kappa shape index (κ1) is 19.0. The van der Waals surface area contributed by atoms with E-state index in [4.69, 9.17) is 4.74 Å². The summed E-state index contributed by atoms with van der Waals surface area (Å²) in [4.78, 5) is 18.3. The lowest BCUT2D eigenvalue weighted by atomic mass is 10.1. The van der Waals surface area contributed by atoms with E-state index < -0.39 is 0 Å². The van der Waals surface area contributed by atoms with Crippen LogP contribution in [0.4, 0.5) is 10.6 Å². The quantitative estimate of drug-likeness (QED) is 0.537. The molecule has 1 N–H and O–H groups in total. The van der Waals surface area contributed by atoms with Crippen molar-refractivity contribution in [2.45, 2.75) is 19.4 Å². The number of hydrogen-bond donors (Lipinski definition) is 1. The fourth-order valence-electron chi connectivity index (χ4n) is 3.51. The molecule has 9 nitrogen and oxygen atoms in total. The lowest BCUT2D eigenvalue weighted by molar-refractivity contribution is 0.222. The molecule has 1 aliphatic rings. The average Bonchev–Trinajstić information content (AvgIpc) is 3.49. The number of nitrogens with zero attached hydrogens (tertiary/aromatic N) is 6. The topological polar surface area (TPSA) is 97.5 Å². The van der Waals surface area contributed by atoms with Gasteiger partial charge in [-0.05, 0) is 31.0 Å². The minimum Gasteiger partial charge on any atom is -0.485 e. The van der Waals surface area contributed by atoms with Crippen molar-refractivity contribution in [3.05, 3.63) is 66.6 Å². The fraction of sp³-hybridized carbons (Fsp3) is 0.227. The molecule has 0 radical (unpaired) electrons. The molecular formula is C22H21N7O2. The number of urea groups is 1. The third kappa shape index (κ3) is 4.16. The van der Waals surface area contributed by atoms with Crippen LogP contribution in [0.15, 0.2) is 60.8 Å². The molecule has 2 amide bonds. The summed E-state index contributed by atoms with van der Waals surface area (Å²) in [5.74, 6) is 1.60. The molecule has 4 aromatic rings. The molecule has 1 aliphatic heterocycles. The van der Waals surface area contributed by atoms with E-state index in [2.05, 4.69) is 25.6 Å². The maximum Gasteiger partial charge on any atom is 0.323 e. The molecule has 0 spiro atoms. The van der Waals surface area contributed by atoms with Crippen LogP contribution >= 0.6 is 0 Å². The number of likely N-dealkylation sites (tertiary alicyclic amines) is 1. The smallest absolute Gasteiger partial charge is 0.323 e. The van der Waals surface area contributed by atoms with Gasteiger partial charge in [0.2, 0.25) is 0 Å². The maximum absolute atomic E-state index is 12.3. The highest BCUT2D eigenvalue weighted by molar-refractivity contribution is 5.88. The van der Waals surface area contributed by atoms with E-state index in [1.165, 1.54) is 0 Å². The van der Waals surface area contributed by atoms with Crippen molar-refractivity contribution in [3.63, 3.8) is 0 Å². The summed E-state index contributed by atoms with van der Waals surface area (Å²) in [5.41, 5.74) is 2.48. The summed E-state index contributed by atoms with van der Waals surface area (Å²) in [6, 6.07) is 17.0. The van der Waals surface area contributed by atoms with Crippen LogP contribution in [0.5, 0.6) is 5.75 Å². The second-order valence-corrected chi connectivity index (χ2v) is 7.26. The molecule has 0 bridgehead atoms. The zero-order chi connectivity index (χ0) is 21.0. The Labute approximate surface area is 178 Å². The number of amides is 2.